The molecule has 3 atom stereocenters. The van der Waals surface area contributed by atoms with Crippen LogP contribution in [0.2, 0.25) is 0 Å². The highest BCUT2D eigenvalue weighted by molar-refractivity contribution is 5.88. The molecule has 3 unspecified atom stereocenters. The number of phenolic OH excluding ortho intramolecular Hbond substituents is 1. The van der Waals surface area contributed by atoms with Crippen molar-refractivity contribution in [3.63, 3.8) is 0 Å². The minimum atomic E-state index is -1.34. The molecule has 0 saturated carbocycles. The minimum Gasteiger partial charge on any atom is -0.504 e. The number of aromatic nitrogens is 1. The maximum absolute atomic E-state index is 15.1. The number of phenols is 1. The third-order valence-corrected chi connectivity index (χ3v) is 6.72. The Bertz CT molecular complexity index is 1430. The fraction of sp³-hybridized carbons (Fsp3) is 0.310. The van der Waals surface area contributed by atoms with Crippen molar-refractivity contribution in [1.29, 1.82) is 0 Å². The molecule has 1 heterocycles. The van der Waals surface area contributed by atoms with Gasteiger partial charge in [0.2, 0.25) is 5.91 Å². The highest BCUT2D eigenvalue weighted by atomic mass is 19.1. The van der Waals surface area contributed by atoms with Crippen LogP contribution in [0, 0.1) is 11.2 Å². The summed E-state index contributed by atoms with van der Waals surface area (Å²) < 4.78 is 39.3. The monoisotopic (exact) mass is 539 g/mol. The van der Waals surface area contributed by atoms with E-state index in [9.17, 15) is 19.4 Å². The smallest absolute Gasteiger partial charge is 0.230 e. The second kappa shape index (κ2) is 11.7. The Kier molecular flexibility index (Phi) is 8.35. The predicted octanol–water partition coefficient (Wildman–Crippen LogP) is 5.72. The fourth-order valence-electron chi connectivity index (χ4n) is 4.43. The predicted molar refractivity (Wildman–Crippen MR) is 144 cm³/mol. The number of halogens is 2. The van der Waals surface area contributed by atoms with Gasteiger partial charge in [-0.25, -0.2) is 8.78 Å². The molecule has 0 spiro atoms. The number of methoxy groups -OCH3 is 1. The largest absolute Gasteiger partial charge is 0.504 e. The number of hydrogen-bond donors (Lipinski definition) is 4. The van der Waals surface area contributed by atoms with E-state index in [-0.39, 0.29) is 34.8 Å². The van der Waals surface area contributed by atoms with Crippen LogP contribution in [0.5, 0.6) is 23.0 Å². The molecule has 1 aliphatic carbocycles. The SMILES string of the molecule is CCCC(C)(C(=O)NC1C=CC(F)=CC1)C(O)Nc1ccc(Oc2ccnc3cc(O)c(OC)cc23)c(F)c1. The molecular formula is C29H31F2N3O5. The van der Waals surface area contributed by atoms with Crippen LogP contribution < -0.4 is 20.1 Å². The molecule has 8 nitrogen and oxygen atoms in total. The number of pyridine rings is 1. The Morgan fingerprint density at radius 2 is 2.00 bits per heavy atom. The Hall–Kier alpha value is -4.18. The summed E-state index contributed by atoms with van der Waals surface area (Å²) in [6.07, 6.45) is 5.66. The molecule has 39 heavy (non-hydrogen) atoms. The average Bonchev–Trinajstić information content (AvgIpc) is 2.91. The molecule has 10 heteroatoms. The van der Waals surface area contributed by atoms with E-state index in [1.54, 1.807) is 25.1 Å². The van der Waals surface area contributed by atoms with E-state index in [0.717, 1.165) is 6.07 Å². The van der Waals surface area contributed by atoms with Crippen molar-refractivity contribution in [3.8, 4) is 23.0 Å². The number of carbonyl (C=O) groups excluding carboxylic acids is 1. The van der Waals surface area contributed by atoms with Gasteiger partial charge in [-0.1, -0.05) is 19.4 Å². The Balaban J connectivity index is 1.50. The number of fused-ring (bicyclic) bond motifs is 1. The van der Waals surface area contributed by atoms with E-state index in [1.165, 1.54) is 43.7 Å². The van der Waals surface area contributed by atoms with Crippen molar-refractivity contribution in [1.82, 2.24) is 10.3 Å². The summed E-state index contributed by atoms with van der Waals surface area (Å²) >= 11 is 0. The highest BCUT2D eigenvalue weighted by Gasteiger charge is 2.40. The molecule has 0 aliphatic heterocycles. The highest BCUT2D eigenvalue weighted by Crippen LogP contribution is 2.37. The van der Waals surface area contributed by atoms with Crippen molar-refractivity contribution in [3.05, 3.63) is 72.5 Å². The van der Waals surface area contributed by atoms with Crippen molar-refractivity contribution in [2.45, 2.75) is 45.4 Å². The van der Waals surface area contributed by atoms with Gasteiger partial charge in [0.1, 0.15) is 17.8 Å². The first kappa shape index (κ1) is 27.8. The number of nitrogens with one attached hydrogen (secondary N) is 2. The van der Waals surface area contributed by atoms with Crippen LogP contribution >= 0.6 is 0 Å². The number of benzene rings is 2. The van der Waals surface area contributed by atoms with Crippen LogP contribution in [0.3, 0.4) is 0 Å². The van der Waals surface area contributed by atoms with Gasteiger partial charge in [0.05, 0.1) is 24.1 Å². The van der Waals surface area contributed by atoms with Gasteiger partial charge in [0.25, 0.3) is 0 Å². The number of aromatic hydroxyl groups is 1. The lowest BCUT2D eigenvalue weighted by Gasteiger charge is -2.35. The quantitative estimate of drug-likeness (QED) is 0.244. The number of nitrogens with zero attached hydrogens (tertiary/aromatic N) is 1. The second-order valence-electron chi connectivity index (χ2n) is 9.58. The van der Waals surface area contributed by atoms with Crippen molar-refractivity contribution in [2.75, 3.05) is 12.4 Å². The summed E-state index contributed by atoms with van der Waals surface area (Å²) in [5.41, 5.74) is -0.559. The van der Waals surface area contributed by atoms with Crippen LogP contribution in [-0.2, 0) is 4.79 Å². The van der Waals surface area contributed by atoms with E-state index in [1.807, 2.05) is 6.92 Å². The van der Waals surface area contributed by atoms with Gasteiger partial charge in [-0.05, 0) is 56.2 Å². The number of aliphatic hydroxyl groups is 1. The number of ether oxygens (including phenoxy) is 2. The first-order valence-electron chi connectivity index (χ1n) is 12.6. The first-order chi connectivity index (χ1) is 18.6. The van der Waals surface area contributed by atoms with Crippen molar-refractivity contribution in [2.24, 2.45) is 5.41 Å². The van der Waals surface area contributed by atoms with E-state index < -0.39 is 23.4 Å². The molecule has 1 aliphatic rings. The molecule has 4 rings (SSSR count). The third kappa shape index (κ3) is 6.12. The molecule has 3 aromatic rings. The molecule has 2 aromatic carbocycles. The molecule has 0 radical (unpaired) electrons. The number of hydrogen-bond acceptors (Lipinski definition) is 7. The van der Waals surface area contributed by atoms with Gasteiger partial charge in [0.15, 0.2) is 23.1 Å². The van der Waals surface area contributed by atoms with Gasteiger partial charge in [-0.15, -0.1) is 0 Å². The summed E-state index contributed by atoms with van der Waals surface area (Å²) in [5, 5.41) is 27.2. The van der Waals surface area contributed by atoms with Crippen LogP contribution in [0.4, 0.5) is 14.5 Å². The molecule has 1 amide bonds. The number of rotatable bonds is 10. The van der Waals surface area contributed by atoms with E-state index in [2.05, 4.69) is 15.6 Å². The van der Waals surface area contributed by atoms with Gasteiger partial charge >= 0.3 is 0 Å². The molecule has 0 bridgehead atoms. The number of amides is 1. The maximum atomic E-state index is 15.1. The maximum Gasteiger partial charge on any atom is 0.230 e. The molecule has 206 valence electrons. The van der Waals surface area contributed by atoms with Crippen LogP contribution in [0.25, 0.3) is 10.9 Å². The fourth-order valence-corrected chi connectivity index (χ4v) is 4.43. The van der Waals surface area contributed by atoms with E-state index in [0.29, 0.717) is 35.9 Å². The molecule has 0 fully saturated rings. The van der Waals surface area contributed by atoms with Gasteiger partial charge in [-0.3, -0.25) is 9.78 Å². The third-order valence-electron chi connectivity index (χ3n) is 6.72. The van der Waals surface area contributed by atoms with Gasteiger partial charge in [-0.2, -0.15) is 0 Å². The number of anilines is 1. The average molecular weight is 540 g/mol. The van der Waals surface area contributed by atoms with Crippen LogP contribution in [0.15, 0.2) is 66.6 Å². The number of aliphatic hydroxyl groups excluding tert-OH is 1. The topological polar surface area (TPSA) is 113 Å². The normalized spacial score (nSPS) is 17.2. The zero-order chi connectivity index (χ0) is 28.2. The van der Waals surface area contributed by atoms with Crippen molar-refractivity contribution >= 4 is 22.5 Å². The van der Waals surface area contributed by atoms with Crippen molar-refractivity contribution < 1.29 is 33.3 Å². The summed E-state index contributed by atoms with van der Waals surface area (Å²) in [6.45, 7) is 3.52. The second-order valence-corrected chi connectivity index (χ2v) is 9.58. The zero-order valence-electron chi connectivity index (χ0n) is 21.9. The molecule has 4 N–H and O–H groups in total. The first-order valence-corrected chi connectivity index (χ1v) is 12.6. The number of carbonyl (C=O) groups is 1. The van der Waals surface area contributed by atoms with E-state index in [4.69, 9.17) is 9.47 Å². The zero-order valence-corrected chi connectivity index (χ0v) is 21.9. The molecular weight excluding hydrogens is 508 g/mol. The summed E-state index contributed by atoms with van der Waals surface area (Å²) in [5.74, 6) is -1.10. The summed E-state index contributed by atoms with van der Waals surface area (Å²) in [7, 11) is 1.41. The van der Waals surface area contributed by atoms with Gasteiger partial charge in [0, 0.05) is 29.4 Å². The Morgan fingerprint density at radius 3 is 2.67 bits per heavy atom. The van der Waals surface area contributed by atoms with Crippen LogP contribution in [-0.4, -0.2) is 40.5 Å². The lowest BCUT2D eigenvalue weighted by Crippen LogP contribution is -2.52. The Labute approximate surface area is 225 Å². The number of allylic oxidation sites excluding steroid dienone is 2. The lowest BCUT2D eigenvalue weighted by molar-refractivity contribution is -0.136. The molecule has 0 saturated heterocycles. The molecule has 1 aromatic heterocycles. The summed E-state index contributed by atoms with van der Waals surface area (Å²) in [6, 6.07) is 8.24. The minimum absolute atomic E-state index is 0.0759. The standard InChI is InChI=1S/C29H31F2N3O5/c1-4-12-29(2,27(36)33-18-7-5-17(30)6-8-18)28(37)34-19-9-10-25(21(31)14-19)39-24-11-13-32-22-16-23(35)26(38-3)15-20(22)24/h5-7,9-11,13-16,18,28,34-35,37H,4,8,12H2,1-3H3,(H,33,36). The van der Waals surface area contributed by atoms with E-state index >= 15 is 4.39 Å². The van der Waals surface area contributed by atoms with Crippen LogP contribution in [0.1, 0.15) is 33.1 Å². The Morgan fingerprint density at radius 1 is 1.21 bits per heavy atom. The summed E-state index contributed by atoms with van der Waals surface area (Å²) in [4.78, 5) is 17.3. The lowest BCUT2D eigenvalue weighted by atomic mass is 9.82. The van der Waals surface area contributed by atoms with Gasteiger partial charge < -0.3 is 30.3 Å².